The number of nitrogens with zero attached hydrogens (tertiary/aromatic N) is 5. The van der Waals surface area contributed by atoms with Crippen molar-refractivity contribution < 1.29 is 14.1 Å². The van der Waals surface area contributed by atoms with E-state index in [2.05, 4.69) is 35.6 Å². The summed E-state index contributed by atoms with van der Waals surface area (Å²) in [6.45, 7) is 5.81. The van der Waals surface area contributed by atoms with Crippen LogP contribution in [0.3, 0.4) is 0 Å². The standard InChI is InChI=1S/C20H23N7O3/c1-14-11-18(27-7-9-29-10-8-27)25-20(24-14)23-6-5-22-19(28)16-12-17(30-26-16)15-3-2-4-21-13-15/h2-4,11-13H,5-10H2,1H3,(H,22,28)(H,23,24,25). The van der Waals surface area contributed by atoms with E-state index in [0.29, 0.717) is 38.0 Å². The molecule has 0 aliphatic carbocycles. The van der Waals surface area contributed by atoms with Gasteiger partial charge in [0.2, 0.25) is 5.95 Å². The molecule has 1 saturated heterocycles. The summed E-state index contributed by atoms with van der Waals surface area (Å²) < 4.78 is 10.6. The largest absolute Gasteiger partial charge is 0.378 e. The number of aryl methyl sites for hydroxylation is 1. The van der Waals surface area contributed by atoms with Gasteiger partial charge >= 0.3 is 0 Å². The quantitative estimate of drug-likeness (QED) is 0.560. The Morgan fingerprint density at radius 3 is 2.87 bits per heavy atom. The number of amides is 1. The molecule has 1 amide bonds. The molecule has 0 aromatic carbocycles. The molecule has 0 unspecified atom stereocenters. The Morgan fingerprint density at radius 1 is 1.20 bits per heavy atom. The van der Waals surface area contributed by atoms with Gasteiger partial charge in [0.1, 0.15) is 5.82 Å². The Bertz CT molecular complexity index is 987. The molecular weight excluding hydrogens is 386 g/mol. The molecule has 0 atom stereocenters. The maximum Gasteiger partial charge on any atom is 0.273 e. The summed E-state index contributed by atoms with van der Waals surface area (Å²) in [5.41, 5.74) is 1.86. The molecule has 156 valence electrons. The van der Waals surface area contributed by atoms with Crippen molar-refractivity contribution in [3.05, 3.63) is 48.0 Å². The molecule has 0 saturated carbocycles. The van der Waals surface area contributed by atoms with E-state index in [0.717, 1.165) is 30.2 Å². The smallest absolute Gasteiger partial charge is 0.273 e. The van der Waals surface area contributed by atoms with Crippen molar-refractivity contribution in [3.8, 4) is 11.3 Å². The van der Waals surface area contributed by atoms with Crippen molar-refractivity contribution >= 4 is 17.7 Å². The Hall–Kier alpha value is -3.53. The first-order valence-corrected chi connectivity index (χ1v) is 9.76. The summed E-state index contributed by atoms with van der Waals surface area (Å²) in [4.78, 5) is 27.5. The van der Waals surface area contributed by atoms with E-state index in [1.165, 1.54) is 0 Å². The van der Waals surface area contributed by atoms with Gasteiger partial charge in [-0.3, -0.25) is 9.78 Å². The average Bonchev–Trinajstić information content (AvgIpc) is 3.28. The van der Waals surface area contributed by atoms with E-state index < -0.39 is 0 Å². The third-order valence-electron chi connectivity index (χ3n) is 4.56. The minimum Gasteiger partial charge on any atom is -0.378 e. The van der Waals surface area contributed by atoms with E-state index >= 15 is 0 Å². The second kappa shape index (κ2) is 9.31. The van der Waals surface area contributed by atoms with Gasteiger partial charge in [-0.25, -0.2) is 4.98 Å². The monoisotopic (exact) mass is 409 g/mol. The number of anilines is 2. The lowest BCUT2D eigenvalue weighted by Gasteiger charge is -2.28. The van der Waals surface area contributed by atoms with Crippen molar-refractivity contribution in [1.29, 1.82) is 0 Å². The summed E-state index contributed by atoms with van der Waals surface area (Å²) in [6, 6.07) is 7.19. The summed E-state index contributed by atoms with van der Waals surface area (Å²) in [5.74, 6) is 1.60. The molecule has 10 nitrogen and oxygen atoms in total. The fourth-order valence-electron chi connectivity index (χ4n) is 3.05. The van der Waals surface area contributed by atoms with E-state index in [-0.39, 0.29) is 11.6 Å². The van der Waals surface area contributed by atoms with Crippen LogP contribution in [-0.2, 0) is 4.74 Å². The van der Waals surface area contributed by atoms with Crippen LogP contribution >= 0.6 is 0 Å². The number of carbonyl (C=O) groups excluding carboxylic acids is 1. The van der Waals surface area contributed by atoms with E-state index in [1.807, 2.05) is 19.1 Å². The van der Waals surface area contributed by atoms with Crippen LogP contribution in [0.4, 0.5) is 11.8 Å². The molecule has 1 fully saturated rings. The maximum absolute atomic E-state index is 12.3. The molecule has 1 aliphatic heterocycles. The summed E-state index contributed by atoms with van der Waals surface area (Å²) in [6.07, 6.45) is 3.32. The molecule has 3 aromatic heterocycles. The van der Waals surface area contributed by atoms with Crippen LogP contribution in [0.1, 0.15) is 16.2 Å². The van der Waals surface area contributed by atoms with Crippen LogP contribution in [0.2, 0.25) is 0 Å². The van der Waals surface area contributed by atoms with Crippen molar-refractivity contribution in [2.45, 2.75) is 6.92 Å². The predicted molar refractivity (Wildman–Crippen MR) is 110 cm³/mol. The molecule has 0 radical (unpaired) electrons. The van der Waals surface area contributed by atoms with Gasteiger partial charge in [-0.1, -0.05) is 5.16 Å². The number of ether oxygens (including phenoxy) is 1. The number of hydrogen-bond donors (Lipinski definition) is 2. The first kappa shape index (κ1) is 19.8. The fraction of sp³-hybridized carbons (Fsp3) is 0.350. The van der Waals surface area contributed by atoms with Crippen LogP contribution < -0.4 is 15.5 Å². The van der Waals surface area contributed by atoms with Gasteiger partial charge in [-0.05, 0) is 19.1 Å². The predicted octanol–water partition coefficient (Wildman–Crippen LogP) is 1.51. The molecule has 0 spiro atoms. The number of nitrogens with one attached hydrogen (secondary N) is 2. The Labute approximate surface area is 173 Å². The van der Waals surface area contributed by atoms with Gasteiger partial charge < -0.3 is 24.8 Å². The van der Waals surface area contributed by atoms with E-state index in [4.69, 9.17) is 9.26 Å². The van der Waals surface area contributed by atoms with Crippen molar-refractivity contribution in [1.82, 2.24) is 25.4 Å². The lowest BCUT2D eigenvalue weighted by Crippen LogP contribution is -2.37. The third kappa shape index (κ3) is 4.90. The molecule has 1 aliphatic rings. The molecule has 0 bridgehead atoms. The number of pyridine rings is 1. The summed E-state index contributed by atoms with van der Waals surface area (Å²) in [7, 11) is 0. The maximum atomic E-state index is 12.3. The zero-order chi connectivity index (χ0) is 20.8. The van der Waals surface area contributed by atoms with Crippen LogP contribution in [0.5, 0.6) is 0 Å². The lowest BCUT2D eigenvalue weighted by atomic mass is 10.2. The Kier molecular flexibility index (Phi) is 6.14. The Balaban J connectivity index is 1.28. The fourth-order valence-corrected chi connectivity index (χ4v) is 3.05. The molecule has 2 N–H and O–H groups in total. The van der Waals surface area contributed by atoms with Crippen LogP contribution in [0, 0.1) is 6.92 Å². The van der Waals surface area contributed by atoms with Gasteiger partial charge in [-0.15, -0.1) is 0 Å². The number of carbonyl (C=O) groups is 1. The van der Waals surface area contributed by atoms with Crippen molar-refractivity contribution in [2.24, 2.45) is 0 Å². The van der Waals surface area contributed by atoms with Gasteiger partial charge in [0, 0.05) is 62.0 Å². The van der Waals surface area contributed by atoms with Crippen LogP contribution in [-0.4, -0.2) is 65.4 Å². The second-order valence-corrected chi connectivity index (χ2v) is 6.79. The average molecular weight is 409 g/mol. The minimum absolute atomic E-state index is 0.218. The molecule has 4 rings (SSSR count). The van der Waals surface area contributed by atoms with Crippen molar-refractivity contribution in [2.75, 3.05) is 49.6 Å². The zero-order valence-corrected chi connectivity index (χ0v) is 16.7. The lowest BCUT2D eigenvalue weighted by molar-refractivity contribution is 0.0946. The molecular formula is C20H23N7O3. The normalized spacial score (nSPS) is 13.8. The molecule has 3 aromatic rings. The zero-order valence-electron chi connectivity index (χ0n) is 16.7. The molecule has 10 heteroatoms. The number of morpholine rings is 1. The minimum atomic E-state index is -0.310. The highest BCUT2D eigenvalue weighted by molar-refractivity contribution is 5.93. The number of rotatable bonds is 7. The van der Waals surface area contributed by atoms with Gasteiger partial charge in [0.25, 0.3) is 5.91 Å². The van der Waals surface area contributed by atoms with Gasteiger partial charge in [0.05, 0.1) is 13.2 Å². The Morgan fingerprint density at radius 2 is 2.07 bits per heavy atom. The van der Waals surface area contributed by atoms with Gasteiger partial charge in [0.15, 0.2) is 11.5 Å². The summed E-state index contributed by atoms with van der Waals surface area (Å²) in [5, 5.41) is 9.79. The van der Waals surface area contributed by atoms with E-state index in [1.54, 1.807) is 24.5 Å². The highest BCUT2D eigenvalue weighted by Crippen LogP contribution is 2.19. The SMILES string of the molecule is Cc1cc(N2CCOCC2)nc(NCCNC(=O)c2cc(-c3cccnc3)on2)n1. The van der Waals surface area contributed by atoms with E-state index in [9.17, 15) is 4.79 Å². The third-order valence-corrected chi connectivity index (χ3v) is 4.56. The first-order valence-electron chi connectivity index (χ1n) is 9.76. The topological polar surface area (TPSA) is 118 Å². The van der Waals surface area contributed by atoms with Gasteiger partial charge in [-0.2, -0.15) is 4.98 Å². The molecule has 30 heavy (non-hydrogen) atoms. The highest BCUT2D eigenvalue weighted by Gasteiger charge is 2.15. The number of hydrogen-bond acceptors (Lipinski definition) is 9. The van der Waals surface area contributed by atoms with Crippen LogP contribution in [0.15, 0.2) is 41.2 Å². The molecule has 4 heterocycles. The first-order chi connectivity index (χ1) is 14.7. The second-order valence-electron chi connectivity index (χ2n) is 6.79. The highest BCUT2D eigenvalue weighted by atomic mass is 16.5. The summed E-state index contributed by atoms with van der Waals surface area (Å²) >= 11 is 0. The van der Waals surface area contributed by atoms with Crippen LogP contribution in [0.25, 0.3) is 11.3 Å². The van der Waals surface area contributed by atoms with Crippen molar-refractivity contribution in [3.63, 3.8) is 0 Å². The number of aromatic nitrogens is 4.